The fraction of sp³-hybridized carbons (Fsp3) is 0.250. The van der Waals surface area contributed by atoms with Gasteiger partial charge >= 0.3 is 0 Å². The molecule has 2 N–H and O–H groups in total. The van der Waals surface area contributed by atoms with Crippen molar-refractivity contribution >= 4 is 15.7 Å². The highest BCUT2D eigenvalue weighted by molar-refractivity contribution is 7.92. The zero-order chi connectivity index (χ0) is 14.9. The van der Waals surface area contributed by atoms with Crippen molar-refractivity contribution in [2.75, 3.05) is 11.3 Å². The van der Waals surface area contributed by atoms with Crippen LogP contribution in [-0.2, 0) is 23.0 Å². The minimum Gasteiger partial charge on any atom is -0.312 e. The minimum atomic E-state index is -3.54. The summed E-state index contributed by atoms with van der Waals surface area (Å²) < 4.78 is 27.5. The van der Waals surface area contributed by atoms with Crippen molar-refractivity contribution in [2.24, 2.45) is 0 Å². The summed E-state index contributed by atoms with van der Waals surface area (Å²) in [6.45, 7) is 3.64. The molecule has 0 bridgehead atoms. The van der Waals surface area contributed by atoms with E-state index in [2.05, 4.69) is 10.0 Å². The first-order valence-electron chi connectivity index (χ1n) is 6.97. The Bertz CT molecular complexity index is 752. The van der Waals surface area contributed by atoms with Crippen LogP contribution in [-0.4, -0.2) is 15.0 Å². The maximum Gasteiger partial charge on any atom is 0.261 e. The van der Waals surface area contributed by atoms with E-state index in [1.54, 1.807) is 24.3 Å². The van der Waals surface area contributed by atoms with Crippen LogP contribution in [0.5, 0.6) is 0 Å². The highest BCUT2D eigenvalue weighted by Crippen LogP contribution is 2.21. The number of hydrogen-bond acceptors (Lipinski definition) is 3. The lowest BCUT2D eigenvalue weighted by Gasteiger charge is -2.18. The van der Waals surface area contributed by atoms with Crippen molar-refractivity contribution in [1.82, 2.24) is 5.32 Å². The molecule has 110 valence electrons. The van der Waals surface area contributed by atoms with Crippen LogP contribution in [0.3, 0.4) is 0 Å². The molecule has 3 rings (SSSR count). The van der Waals surface area contributed by atoms with E-state index >= 15 is 0 Å². The van der Waals surface area contributed by atoms with Gasteiger partial charge in [0.15, 0.2) is 0 Å². The largest absolute Gasteiger partial charge is 0.312 e. The topological polar surface area (TPSA) is 58.2 Å². The van der Waals surface area contributed by atoms with Gasteiger partial charge in [-0.15, -0.1) is 0 Å². The zero-order valence-electron chi connectivity index (χ0n) is 11.9. The molecule has 0 fully saturated rings. The third-order valence-corrected chi connectivity index (χ3v) is 5.06. The molecule has 0 amide bonds. The van der Waals surface area contributed by atoms with Crippen molar-refractivity contribution in [2.45, 2.75) is 24.8 Å². The predicted octanol–water partition coefficient (Wildman–Crippen LogP) is 2.44. The predicted molar refractivity (Wildman–Crippen MR) is 83.8 cm³/mol. The molecular weight excluding hydrogens is 284 g/mol. The van der Waals surface area contributed by atoms with Crippen LogP contribution >= 0.6 is 0 Å². The van der Waals surface area contributed by atoms with E-state index in [4.69, 9.17) is 0 Å². The van der Waals surface area contributed by atoms with Gasteiger partial charge in [0.05, 0.1) is 4.90 Å². The van der Waals surface area contributed by atoms with Crippen LogP contribution in [0, 0.1) is 6.92 Å². The molecule has 0 aliphatic carbocycles. The fourth-order valence-corrected chi connectivity index (χ4v) is 3.57. The Morgan fingerprint density at radius 3 is 2.57 bits per heavy atom. The van der Waals surface area contributed by atoms with E-state index in [0.717, 1.165) is 30.6 Å². The molecule has 4 nitrogen and oxygen atoms in total. The molecule has 0 saturated carbocycles. The standard InChI is InChI=1S/C16H18N2O2S/c1-12-2-5-15(6-3-12)18-21(19,20)16-7-4-13-8-9-17-11-14(13)10-16/h2-7,10,17-18H,8-9,11H2,1H3. The molecule has 0 radical (unpaired) electrons. The van der Waals surface area contributed by atoms with Gasteiger partial charge in [0.1, 0.15) is 0 Å². The number of hydrogen-bond donors (Lipinski definition) is 2. The summed E-state index contributed by atoms with van der Waals surface area (Å²) in [5.41, 5.74) is 3.96. The van der Waals surface area contributed by atoms with Crippen LogP contribution in [0.15, 0.2) is 47.4 Å². The second-order valence-corrected chi connectivity index (χ2v) is 7.01. The summed E-state index contributed by atoms with van der Waals surface area (Å²) in [6, 6.07) is 12.7. The number of sulfonamides is 1. The van der Waals surface area contributed by atoms with Crippen LogP contribution in [0.25, 0.3) is 0 Å². The first-order valence-corrected chi connectivity index (χ1v) is 8.45. The normalized spacial score (nSPS) is 14.5. The Kier molecular flexibility index (Phi) is 3.69. The third-order valence-electron chi connectivity index (χ3n) is 3.68. The van der Waals surface area contributed by atoms with Gasteiger partial charge in [-0.1, -0.05) is 23.8 Å². The average molecular weight is 302 g/mol. The van der Waals surface area contributed by atoms with Crippen molar-refractivity contribution in [1.29, 1.82) is 0 Å². The average Bonchev–Trinajstić information content (AvgIpc) is 2.49. The zero-order valence-corrected chi connectivity index (χ0v) is 12.7. The Morgan fingerprint density at radius 1 is 1.05 bits per heavy atom. The van der Waals surface area contributed by atoms with E-state index in [1.807, 2.05) is 25.1 Å². The van der Waals surface area contributed by atoms with Crippen molar-refractivity contribution in [3.8, 4) is 0 Å². The lowest BCUT2D eigenvalue weighted by molar-refractivity contribution is 0.599. The van der Waals surface area contributed by atoms with Crippen molar-refractivity contribution in [3.05, 3.63) is 59.2 Å². The second-order valence-electron chi connectivity index (χ2n) is 5.33. The summed E-state index contributed by atoms with van der Waals surface area (Å²) in [7, 11) is -3.54. The van der Waals surface area contributed by atoms with Crippen molar-refractivity contribution in [3.63, 3.8) is 0 Å². The van der Waals surface area contributed by atoms with Crippen LogP contribution < -0.4 is 10.0 Å². The molecule has 0 spiro atoms. The molecule has 0 unspecified atom stereocenters. The van der Waals surface area contributed by atoms with Gasteiger partial charge in [-0.3, -0.25) is 4.72 Å². The second kappa shape index (κ2) is 5.50. The number of anilines is 1. The number of nitrogens with one attached hydrogen (secondary N) is 2. The molecule has 0 aromatic heterocycles. The first-order chi connectivity index (χ1) is 10.0. The monoisotopic (exact) mass is 302 g/mol. The lowest BCUT2D eigenvalue weighted by Crippen LogP contribution is -2.24. The Labute approximate surface area is 125 Å². The fourth-order valence-electron chi connectivity index (χ4n) is 2.46. The Balaban J connectivity index is 1.89. The Morgan fingerprint density at radius 2 is 1.81 bits per heavy atom. The molecule has 0 saturated heterocycles. The molecule has 5 heteroatoms. The van der Waals surface area contributed by atoms with Gasteiger partial charge in [-0.05, 0) is 55.3 Å². The number of aryl methyl sites for hydroxylation is 1. The van der Waals surface area contributed by atoms with E-state index in [9.17, 15) is 8.42 Å². The molecule has 0 atom stereocenters. The van der Waals surface area contributed by atoms with Gasteiger partial charge < -0.3 is 5.32 Å². The summed E-state index contributed by atoms with van der Waals surface area (Å²) in [4.78, 5) is 0.311. The molecule has 2 aromatic carbocycles. The van der Waals surface area contributed by atoms with Crippen LogP contribution in [0.1, 0.15) is 16.7 Å². The van der Waals surface area contributed by atoms with Gasteiger partial charge in [-0.2, -0.15) is 0 Å². The Hall–Kier alpha value is -1.85. The highest BCUT2D eigenvalue weighted by Gasteiger charge is 2.17. The minimum absolute atomic E-state index is 0.311. The molecule has 1 aliphatic rings. The molecule has 1 heterocycles. The van der Waals surface area contributed by atoms with Gasteiger partial charge in [0.2, 0.25) is 0 Å². The first kappa shape index (κ1) is 14.1. The maximum absolute atomic E-state index is 12.4. The lowest BCUT2D eigenvalue weighted by atomic mass is 10.0. The van der Waals surface area contributed by atoms with Crippen LogP contribution in [0.4, 0.5) is 5.69 Å². The molecule has 1 aliphatic heterocycles. The number of benzene rings is 2. The van der Waals surface area contributed by atoms with Crippen LogP contribution in [0.2, 0.25) is 0 Å². The number of fused-ring (bicyclic) bond motifs is 1. The quantitative estimate of drug-likeness (QED) is 0.915. The van der Waals surface area contributed by atoms with Gasteiger partial charge in [0.25, 0.3) is 10.0 Å². The summed E-state index contributed by atoms with van der Waals surface area (Å²) in [5.74, 6) is 0. The van der Waals surface area contributed by atoms with Gasteiger partial charge in [0, 0.05) is 12.2 Å². The van der Waals surface area contributed by atoms with E-state index in [1.165, 1.54) is 5.56 Å². The SMILES string of the molecule is Cc1ccc(NS(=O)(=O)c2ccc3c(c2)CNCC3)cc1. The summed E-state index contributed by atoms with van der Waals surface area (Å²) >= 11 is 0. The highest BCUT2D eigenvalue weighted by atomic mass is 32.2. The molecular formula is C16H18N2O2S. The summed E-state index contributed by atoms with van der Waals surface area (Å²) in [5, 5.41) is 3.26. The third kappa shape index (κ3) is 3.09. The van der Waals surface area contributed by atoms with E-state index < -0.39 is 10.0 Å². The van der Waals surface area contributed by atoms with E-state index in [0.29, 0.717) is 10.6 Å². The molecule has 2 aromatic rings. The molecule has 21 heavy (non-hydrogen) atoms. The number of rotatable bonds is 3. The smallest absolute Gasteiger partial charge is 0.261 e. The van der Waals surface area contributed by atoms with Crippen molar-refractivity contribution < 1.29 is 8.42 Å². The maximum atomic E-state index is 12.4. The summed E-state index contributed by atoms with van der Waals surface area (Å²) in [6.07, 6.45) is 0.945. The van der Waals surface area contributed by atoms with Gasteiger partial charge in [-0.25, -0.2) is 8.42 Å². The van der Waals surface area contributed by atoms with E-state index in [-0.39, 0.29) is 0 Å².